The number of methoxy groups -OCH3 is 2. The molecule has 3 aliphatic heterocycles. The van der Waals surface area contributed by atoms with Crippen LogP contribution in [0.5, 0.6) is 17.2 Å². The third kappa shape index (κ3) is 8.62. The van der Waals surface area contributed by atoms with Crippen molar-refractivity contribution in [3.63, 3.8) is 0 Å². The highest BCUT2D eigenvalue weighted by molar-refractivity contribution is 7.13. The Morgan fingerprint density at radius 3 is 2.71 bits per heavy atom. The van der Waals surface area contributed by atoms with E-state index < -0.39 is 6.04 Å². The van der Waals surface area contributed by atoms with Crippen molar-refractivity contribution in [3.05, 3.63) is 75.5 Å². The highest BCUT2D eigenvalue weighted by atomic mass is 32.1. The van der Waals surface area contributed by atoms with Crippen molar-refractivity contribution in [2.75, 3.05) is 47.0 Å². The number of benzene rings is 2. The lowest BCUT2D eigenvalue weighted by atomic mass is 10.0. The number of likely N-dealkylation sites (tertiary alicyclic amines) is 1. The number of rotatable bonds is 6. The molecule has 3 amide bonds. The maximum absolute atomic E-state index is 13.5. The van der Waals surface area contributed by atoms with Gasteiger partial charge in [-0.1, -0.05) is 18.2 Å². The van der Waals surface area contributed by atoms with Crippen molar-refractivity contribution < 1.29 is 33.3 Å². The molecule has 3 aliphatic rings. The number of piperidine rings is 1. The van der Waals surface area contributed by atoms with Crippen LogP contribution in [0.15, 0.2) is 54.6 Å². The number of nitrogens with zero attached hydrogens (tertiary/aromatic N) is 2. The Balaban J connectivity index is 1.41. The maximum Gasteiger partial charge on any atom is 0.264 e. The number of carbonyl (C=O) groups is 3. The Hall–Kier alpha value is -3.93. The molecule has 2 aromatic carbocycles. The molecule has 4 bridgehead atoms. The average molecular weight is 636 g/mol. The molecule has 0 radical (unpaired) electrons. The summed E-state index contributed by atoms with van der Waals surface area (Å²) in [6.45, 7) is 3.85. The van der Waals surface area contributed by atoms with Crippen molar-refractivity contribution in [2.45, 2.75) is 51.4 Å². The molecule has 2 atom stereocenters. The molecule has 10 nitrogen and oxygen atoms in total. The molecule has 1 N–H and O–H groups in total. The molecule has 1 fully saturated rings. The zero-order valence-corrected chi connectivity index (χ0v) is 26.9. The van der Waals surface area contributed by atoms with E-state index in [-0.39, 0.29) is 36.8 Å². The van der Waals surface area contributed by atoms with Crippen molar-refractivity contribution in [1.82, 2.24) is 15.1 Å². The van der Waals surface area contributed by atoms with Gasteiger partial charge in [0.1, 0.15) is 5.75 Å². The molecule has 6 rings (SSSR count). The minimum atomic E-state index is -0.451. The summed E-state index contributed by atoms with van der Waals surface area (Å²) in [6.07, 6.45) is 1.52. The predicted octanol–water partition coefficient (Wildman–Crippen LogP) is 4.58. The van der Waals surface area contributed by atoms with Crippen LogP contribution in [-0.4, -0.2) is 86.7 Å². The summed E-state index contributed by atoms with van der Waals surface area (Å²) in [5.74, 6) is 1.30. The van der Waals surface area contributed by atoms with E-state index in [0.29, 0.717) is 74.2 Å². The number of hydrogen-bond acceptors (Lipinski definition) is 8. The minimum Gasteiger partial charge on any atom is -0.493 e. The largest absolute Gasteiger partial charge is 0.493 e. The lowest BCUT2D eigenvalue weighted by molar-refractivity contribution is -0.137. The predicted molar refractivity (Wildman–Crippen MR) is 171 cm³/mol. The van der Waals surface area contributed by atoms with Gasteiger partial charge in [-0.15, -0.1) is 11.3 Å². The van der Waals surface area contributed by atoms with Crippen LogP contribution >= 0.6 is 11.3 Å². The molecule has 240 valence electrons. The van der Waals surface area contributed by atoms with Crippen molar-refractivity contribution >= 4 is 29.1 Å². The van der Waals surface area contributed by atoms with Crippen LogP contribution in [0, 0.1) is 6.92 Å². The number of amides is 3. The van der Waals surface area contributed by atoms with Gasteiger partial charge in [0.2, 0.25) is 11.8 Å². The Bertz CT molecular complexity index is 1490. The van der Waals surface area contributed by atoms with E-state index in [0.717, 1.165) is 16.0 Å². The Morgan fingerprint density at radius 2 is 1.93 bits per heavy atom. The monoisotopic (exact) mass is 635 g/mol. The van der Waals surface area contributed by atoms with Gasteiger partial charge in [0, 0.05) is 44.6 Å². The molecule has 11 heteroatoms. The first-order chi connectivity index (χ1) is 21.8. The van der Waals surface area contributed by atoms with Gasteiger partial charge in [-0.2, -0.15) is 0 Å². The first-order valence-electron chi connectivity index (χ1n) is 15.3. The van der Waals surface area contributed by atoms with Gasteiger partial charge in [0.05, 0.1) is 37.3 Å². The van der Waals surface area contributed by atoms with E-state index in [1.165, 1.54) is 11.3 Å². The van der Waals surface area contributed by atoms with E-state index in [2.05, 4.69) is 5.32 Å². The first-order valence-corrected chi connectivity index (χ1v) is 16.1. The fourth-order valence-electron chi connectivity index (χ4n) is 5.67. The Kier molecular flexibility index (Phi) is 11.1. The topological polar surface area (TPSA) is 107 Å². The number of nitrogens with one attached hydrogen (secondary N) is 1. The number of hydrogen-bond donors (Lipinski definition) is 1. The molecule has 0 unspecified atom stereocenters. The summed E-state index contributed by atoms with van der Waals surface area (Å²) in [5.41, 5.74) is 1.83. The van der Waals surface area contributed by atoms with Crippen molar-refractivity contribution in [1.29, 1.82) is 0 Å². The van der Waals surface area contributed by atoms with Gasteiger partial charge in [-0.25, -0.2) is 0 Å². The Labute approximate surface area is 268 Å². The second kappa shape index (κ2) is 15.4. The summed E-state index contributed by atoms with van der Waals surface area (Å²) >= 11 is 1.46. The van der Waals surface area contributed by atoms with E-state index in [1.807, 2.05) is 61.5 Å². The standard InChI is InChI=1S/C34H41N3O7S/c1-23-8-12-31(45-23)34(40)37-16-14-28-27(20-37)35-32(38)21-36(15-5-17-41-2)33(39)13-10-24-9-11-29(30(19-24)42-3)44-26-7-4-6-25(18-26)22-43-28/h4,6-9,11-12,18-19,27-28H,5,10,13-17,20-22H2,1-3H3,(H,35,38)/t27-,28+/m0/s1. The zero-order valence-electron chi connectivity index (χ0n) is 26.1. The number of ether oxygens (including phenoxy) is 4. The van der Waals surface area contributed by atoms with Gasteiger partial charge in [0.25, 0.3) is 5.91 Å². The second-order valence-electron chi connectivity index (χ2n) is 11.4. The second-order valence-corrected chi connectivity index (χ2v) is 12.7. The number of aryl methyl sites for hydroxylation is 2. The van der Waals surface area contributed by atoms with Crippen LogP contribution in [0.25, 0.3) is 0 Å². The number of fused-ring (bicyclic) bond motifs is 9. The van der Waals surface area contributed by atoms with Crippen molar-refractivity contribution in [3.8, 4) is 17.2 Å². The van der Waals surface area contributed by atoms with Gasteiger partial charge >= 0.3 is 0 Å². The lowest BCUT2D eigenvalue weighted by Crippen LogP contribution is -2.58. The molecule has 0 aliphatic carbocycles. The van der Waals surface area contributed by atoms with Gasteiger partial charge in [-0.3, -0.25) is 14.4 Å². The summed E-state index contributed by atoms with van der Waals surface area (Å²) in [6, 6.07) is 16.6. The highest BCUT2D eigenvalue weighted by Crippen LogP contribution is 2.33. The molecule has 1 saturated heterocycles. The molecule has 4 heterocycles. The first kappa shape index (κ1) is 32.5. The summed E-state index contributed by atoms with van der Waals surface area (Å²) in [4.78, 5) is 45.4. The van der Waals surface area contributed by atoms with E-state index in [1.54, 1.807) is 24.0 Å². The highest BCUT2D eigenvalue weighted by Gasteiger charge is 2.34. The van der Waals surface area contributed by atoms with Crippen LogP contribution in [-0.2, 0) is 32.1 Å². The number of thiophene rings is 1. The Morgan fingerprint density at radius 1 is 1.07 bits per heavy atom. The van der Waals surface area contributed by atoms with Gasteiger partial charge in [0.15, 0.2) is 11.5 Å². The number of carbonyl (C=O) groups excluding carboxylic acids is 3. The van der Waals surface area contributed by atoms with Crippen LogP contribution in [0.3, 0.4) is 0 Å². The fraction of sp³-hybridized carbons (Fsp3) is 0.441. The SMILES string of the molecule is COCCCN1CC(=O)N[C@H]2CN(C(=O)c3ccc(C)s3)CC[C@H]2OCc2cccc(c2)Oc2ccc(cc2OC)CCC1=O. The normalized spacial score (nSPS) is 19.5. The molecule has 0 spiro atoms. The van der Waals surface area contributed by atoms with E-state index in [4.69, 9.17) is 18.9 Å². The average Bonchev–Trinajstić information content (AvgIpc) is 3.48. The zero-order chi connectivity index (χ0) is 31.8. The van der Waals surface area contributed by atoms with Crippen LogP contribution < -0.4 is 14.8 Å². The third-order valence-electron chi connectivity index (χ3n) is 8.04. The summed E-state index contributed by atoms with van der Waals surface area (Å²) < 4.78 is 23.4. The smallest absolute Gasteiger partial charge is 0.264 e. The van der Waals surface area contributed by atoms with Crippen LogP contribution in [0.4, 0.5) is 0 Å². The molecule has 3 aromatic rings. The molecule has 45 heavy (non-hydrogen) atoms. The van der Waals surface area contributed by atoms with Gasteiger partial charge < -0.3 is 34.1 Å². The molecular weight excluding hydrogens is 594 g/mol. The fourth-order valence-corrected chi connectivity index (χ4v) is 6.50. The maximum atomic E-state index is 13.5. The molecule has 0 saturated carbocycles. The van der Waals surface area contributed by atoms with Crippen molar-refractivity contribution in [2.24, 2.45) is 0 Å². The minimum absolute atomic E-state index is 0.0557. The third-order valence-corrected chi connectivity index (χ3v) is 9.03. The van der Waals surface area contributed by atoms with Crippen LogP contribution in [0.2, 0.25) is 0 Å². The summed E-state index contributed by atoms with van der Waals surface area (Å²) in [7, 11) is 3.20. The lowest BCUT2D eigenvalue weighted by Gasteiger charge is -2.39. The quantitative estimate of drug-likeness (QED) is 0.395. The van der Waals surface area contributed by atoms with Gasteiger partial charge in [-0.05, 0) is 73.7 Å². The summed E-state index contributed by atoms with van der Waals surface area (Å²) in [5, 5.41) is 3.11. The van der Waals surface area contributed by atoms with E-state index >= 15 is 0 Å². The molecular formula is C34H41N3O7S. The van der Waals surface area contributed by atoms with E-state index in [9.17, 15) is 14.4 Å². The molecule has 1 aromatic heterocycles. The van der Waals surface area contributed by atoms with Crippen LogP contribution in [0.1, 0.15) is 44.9 Å².